The molecular formula is C20H15Cl2F2NO4S. The van der Waals surface area contributed by atoms with Crippen LogP contribution in [-0.4, -0.2) is 25.5 Å². The second-order valence-corrected chi connectivity index (χ2v) is 8.95. The number of esters is 1. The van der Waals surface area contributed by atoms with Crippen molar-refractivity contribution in [1.29, 1.82) is 0 Å². The van der Waals surface area contributed by atoms with Gasteiger partial charge in [0.05, 0.1) is 22.7 Å². The lowest BCUT2D eigenvalue weighted by Crippen LogP contribution is -2.18. The molecule has 0 aliphatic rings. The third-order valence-corrected chi connectivity index (χ3v) is 7.25. The first-order chi connectivity index (χ1) is 14.0. The second kappa shape index (κ2) is 8.02. The molecule has 0 saturated carbocycles. The van der Waals surface area contributed by atoms with E-state index in [1.165, 1.54) is 26.0 Å². The maximum atomic E-state index is 14.3. The third kappa shape index (κ3) is 3.59. The highest BCUT2D eigenvalue weighted by molar-refractivity contribution is 7.90. The molecule has 1 heterocycles. The molecule has 0 radical (unpaired) electrons. The van der Waals surface area contributed by atoms with E-state index in [4.69, 9.17) is 27.9 Å². The van der Waals surface area contributed by atoms with Gasteiger partial charge in [-0.1, -0.05) is 29.3 Å². The van der Waals surface area contributed by atoms with Crippen LogP contribution in [0.5, 0.6) is 0 Å². The molecule has 0 fully saturated rings. The SMILES string of the molecule is COC(=O)c1c(-c2ccc(Cl)c(Cl)c2)c(C)n(S(=O)(=O)c2ccc(F)cc2F)c1C. The number of hydrogen-bond donors (Lipinski definition) is 0. The number of hydrogen-bond acceptors (Lipinski definition) is 4. The molecule has 0 amide bonds. The Morgan fingerprint density at radius 2 is 1.67 bits per heavy atom. The summed E-state index contributed by atoms with van der Waals surface area (Å²) in [7, 11) is -3.36. The molecule has 1 aromatic heterocycles. The van der Waals surface area contributed by atoms with Crippen LogP contribution in [0.4, 0.5) is 8.78 Å². The van der Waals surface area contributed by atoms with Crippen molar-refractivity contribution in [2.24, 2.45) is 0 Å². The summed E-state index contributed by atoms with van der Waals surface area (Å²) >= 11 is 12.1. The standard InChI is InChI=1S/C20H15Cl2F2NO4S/c1-10-18(12-4-6-14(21)15(22)8-12)19(20(26)29-3)11(2)25(10)30(27,28)17-7-5-13(23)9-16(17)24/h4-9H,1-3H3. The molecule has 0 atom stereocenters. The number of carbonyl (C=O) groups excluding carboxylic acids is 1. The van der Waals surface area contributed by atoms with Gasteiger partial charge in [0.2, 0.25) is 0 Å². The summed E-state index contributed by atoms with van der Waals surface area (Å²) < 4.78 is 59.7. The van der Waals surface area contributed by atoms with Crippen molar-refractivity contribution in [1.82, 2.24) is 3.97 Å². The fourth-order valence-electron chi connectivity index (χ4n) is 3.32. The maximum absolute atomic E-state index is 14.3. The molecule has 3 aromatic rings. The molecule has 0 saturated heterocycles. The van der Waals surface area contributed by atoms with Crippen LogP contribution in [0.1, 0.15) is 21.7 Å². The number of nitrogens with zero attached hydrogens (tertiary/aromatic N) is 1. The van der Waals surface area contributed by atoms with E-state index in [1.54, 1.807) is 6.07 Å². The minimum atomic E-state index is -4.51. The molecule has 0 unspecified atom stereocenters. The summed E-state index contributed by atoms with van der Waals surface area (Å²) in [5.41, 5.74) is 0.751. The van der Waals surface area contributed by atoms with E-state index in [-0.39, 0.29) is 32.6 Å². The van der Waals surface area contributed by atoms with Crippen molar-refractivity contribution in [2.75, 3.05) is 7.11 Å². The molecule has 0 bridgehead atoms. The van der Waals surface area contributed by atoms with Crippen molar-refractivity contribution in [2.45, 2.75) is 18.7 Å². The summed E-state index contributed by atoms with van der Waals surface area (Å²) in [5, 5.41) is 0.470. The number of methoxy groups -OCH3 is 1. The van der Waals surface area contributed by atoms with Crippen molar-refractivity contribution in [3.63, 3.8) is 0 Å². The van der Waals surface area contributed by atoms with Crippen LogP contribution in [0.3, 0.4) is 0 Å². The Morgan fingerprint density at radius 1 is 1.00 bits per heavy atom. The number of carbonyl (C=O) groups is 1. The van der Waals surface area contributed by atoms with E-state index in [0.29, 0.717) is 11.6 Å². The lowest BCUT2D eigenvalue weighted by molar-refractivity contribution is 0.0601. The van der Waals surface area contributed by atoms with Crippen molar-refractivity contribution >= 4 is 39.2 Å². The van der Waals surface area contributed by atoms with E-state index < -0.39 is 32.5 Å². The molecule has 2 aromatic carbocycles. The molecule has 0 aliphatic heterocycles. The van der Waals surface area contributed by atoms with Gasteiger partial charge in [-0.3, -0.25) is 0 Å². The number of halogens is 4. The molecule has 0 spiro atoms. The summed E-state index contributed by atoms with van der Waals surface area (Å²) in [6.45, 7) is 2.84. The smallest absolute Gasteiger partial charge is 0.340 e. The fraction of sp³-hybridized carbons (Fsp3) is 0.150. The first-order valence-corrected chi connectivity index (χ1v) is 10.7. The number of ether oxygens (including phenoxy) is 1. The van der Waals surface area contributed by atoms with Gasteiger partial charge in [0.25, 0.3) is 10.0 Å². The topological polar surface area (TPSA) is 65.4 Å². The zero-order valence-electron chi connectivity index (χ0n) is 16.0. The van der Waals surface area contributed by atoms with Gasteiger partial charge in [-0.05, 0) is 43.7 Å². The van der Waals surface area contributed by atoms with E-state index in [9.17, 15) is 22.0 Å². The molecule has 158 valence electrons. The van der Waals surface area contributed by atoms with Crippen molar-refractivity contribution in [3.05, 3.63) is 75.0 Å². The normalized spacial score (nSPS) is 11.6. The quantitative estimate of drug-likeness (QED) is 0.477. The number of benzene rings is 2. The summed E-state index contributed by atoms with van der Waals surface area (Å²) in [4.78, 5) is 11.8. The van der Waals surface area contributed by atoms with Crippen LogP contribution in [0.15, 0.2) is 41.3 Å². The molecule has 10 heteroatoms. The van der Waals surface area contributed by atoms with Crippen LogP contribution < -0.4 is 0 Å². The van der Waals surface area contributed by atoms with Crippen LogP contribution in [0, 0.1) is 25.5 Å². The first-order valence-electron chi connectivity index (χ1n) is 8.47. The van der Waals surface area contributed by atoms with Crippen LogP contribution >= 0.6 is 23.2 Å². The van der Waals surface area contributed by atoms with Crippen LogP contribution in [0.2, 0.25) is 10.0 Å². The summed E-state index contributed by atoms with van der Waals surface area (Å²) in [5.74, 6) is -2.96. The Balaban J connectivity index is 2.38. The highest BCUT2D eigenvalue weighted by atomic mass is 35.5. The Morgan fingerprint density at radius 3 is 2.23 bits per heavy atom. The molecule has 5 nitrogen and oxygen atoms in total. The number of rotatable bonds is 4. The highest BCUT2D eigenvalue weighted by Gasteiger charge is 2.32. The Kier molecular flexibility index (Phi) is 5.95. The largest absolute Gasteiger partial charge is 0.465 e. The molecule has 0 N–H and O–H groups in total. The zero-order chi connectivity index (χ0) is 22.4. The first kappa shape index (κ1) is 22.3. The maximum Gasteiger partial charge on any atom is 0.340 e. The van der Waals surface area contributed by atoms with Crippen LogP contribution in [-0.2, 0) is 14.8 Å². The lowest BCUT2D eigenvalue weighted by Gasteiger charge is -2.12. The zero-order valence-corrected chi connectivity index (χ0v) is 18.3. The van der Waals surface area contributed by atoms with Gasteiger partial charge in [0.15, 0.2) is 0 Å². The van der Waals surface area contributed by atoms with Gasteiger partial charge in [-0.25, -0.2) is 26.0 Å². The van der Waals surface area contributed by atoms with E-state index in [1.807, 2.05) is 0 Å². The predicted octanol–water partition coefficient (Wildman–Crippen LogP) is 5.38. The van der Waals surface area contributed by atoms with E-state index >= 15 is 0 Å². The molecular weight excluding hydrogens is 459 g/mol. The molecule has 0 aliphatic carbocycles. The second-order valence-electron chi connectivity index (χ2n) is 6.39. The highest BCUT2D eigenvalue weighted by Crippen LogP contribution is 2.38. The Labute approximate surface area is 181 Å². The van der Waals surface area contributed by atoms with Crippen molar-refractivity contribution in [3.8, 4) is 11.1 Å². The van der Waals surface area contributed by atoms with Gasteiger partial charge in [0, 0.05) is 23.0 Å². The average Bonchev–Trinajstić information content (AvgIpc) is 2.94. The minimum Gasteiger partial charge on any atom is -0.465 e. The molecule has 30 heavy (non-hydrogen) atoms. The molecule has 3 rings (SSSR count). The average molecular weight is 474 g/mol. The summed E-state index contributed by atoms with van der Waals surface area (Å²) in [6, 6.07) is 6.69. The van der Waals surface area contributed by atoms with E-state index in [0.717, 1.165) is 23.2 Å². The fourth-order valence-corrected chi connectivity index (χ4v) is 5.26. The van der Waals surface area contributed by atoms with Crippen molar-refractivity contribution < 1.29 is 26.7 Å². The monoisotopic (exact) mass is 473 g/mol. The van der Waals surface area contributed by atoms with Gasteiger partial charge < -0.3 is 4.74 Å². The van der Waals surface area contributed by atoms with Crippen LogP contribution in [0.25, 0.3) is 11.1 Å². The minimum absolute atomic E-state index is 0.00384. The summed E-state index contributed by atoms with van der Waals surface area (Å²) in [6.07, 6.45) is 0. The van der Waals surface area contributed by atoms with Gasteiger partial charge in [-0.15, -0.1) is 0 Å². The Bertz CT molecular complexity index is 1290. The van der Waals surface area contributed by atoms with Gasteiger partial charge >= 0.3 is 5.97 Å². The lowest BCUT2D eigenvalue weighted by atomic mass is 10.0. The van der Waals surface area contributed by atoms with E-state index in [2.05, 4.69) is 0 Å². The van der Waals surface area contributed by atoms with Gasteiger partial charge in [-0.2, -0.15) is 0 Å². The predicted molar refractivity (Wildman–Crippen MR) is 110 cm³/mol. The third-order valence-electron chi connectivity index (χ3n) is 4.59. The number of aromatic nitrogens is 1. The van der Waals surface area contributed by atoms with Gasteiger partial charge in [0.1, 0.15) is 16.5 Å². The Hall–Kier alpha value is -2.42.